The van der Waals surface area contributed by atoms with Crippen molar-refractivity contribution in [1.29, 1.82) is 0 Å². The van der Waals surface area contributed by atoms with E-state index in [2.05, 4.69) is 5.10 Å². The molecule has 0 aliphatic heterocycles. The quantitative estimate of drug-likeness (QED) is 0.727. The zero-order chi connectivity index (χ0) is 9.14. The maximum absolute atomic E-state index is 11.8. The second-order valence-electron chi connectivity index (χ2n) is 2.39. The van der Waals surface area contributed by atoms with Gasteiger partial charge in [-0.1, -0.05) is 0 Å². The molecular formula is C7H9FN2O2. The Bertz CT molecular complexity index is 296. The van der Waals surface area contributed by atoms with Crippen LogP contribution < -0.4 is 0 Å². The highest BCUT2D eigenvalue weighted by Gasteiger charge is 2.10. The van der Waals surface area contributed by atoms with Crippen LogP contribution in [0.3, 0.4) is 0 Å². The number of aromatic carboxylic acids is 1. The first-order valence-electron chi connectivity index (χ1n) is 3.47. The van der Waals surface area contributed by atoms with Crippen molar-refractivity contribution >= 4 is 5.97 Å². The highest BCUT2D eigenvalue weighted by atomic mass is 19.1. The number of hydrogen-bond donors (Lipinski definition) is 1. The summed E-state index contributed by atoms with van der Waals surface area (Å²) >= 11 is 0. The maximum atomic E-state index is 11.8. The molecule has 66 valence electrons. The molecule has 0 saturated heterocycles. The fourth-order valence-electron chi connectivity index (χ4n) is 0.946. The van der Waals surface area contributed by atoms with Crippen LogP contribution in [0.25, 0.3) is 0 Å². The van der Waals surface area contributed by atoms with E-state index in [0.29, 0.717) is 5.69 Å². The molecule has 4 nitrogen and oxygen atoms in total. The van der Waals surface area contributed by atoms with Gasteiger partial charge >= 0.3 is 5.97 Å². The normalized spacial score (nSPS) is 10.2. The van der Waals surface area contributed by atoms with E-state index < -0.39 is 12.6 Å². The van der Waals surface area contributed by atoms with Crippen LogP contribution in [0, 0.1) is 0 Å². The highest BCUT2D eigenvalue weighted by molar-refractivity contribution is 5.85. The monoisotopic (exact) mass is 172 g/mol. The molecule has 0 saturated carbocycles. The van der Waals surface area contributed by atoms with E-state index >= 15 is 0 Å². The largest absolute Gasteiger partial charge is 0.477 e. The van der Waals surface area contributed by atoms with Crippen LogP contribution in [0.15, 0.2) is 6.07 Å². The zero-order valence-corrected chi connectivity index (χ0v) is 6.62. The van der Waals surface area contributed by atoms with Gasteiger partial charge < -0.3 is 5.11 Å². The van der Waals surface area contributed by atoms with Crippen molar-refractivity contribution < 1.29 is 14.3 Å². The first-order valence-corrected chi connectivity index (χ1v) is 3.47. The molecule has 0 aliphatic rings. The Morgan fingerprint density at radius 3 is 2.92 bits per heavy atom. The average molecular weight is 172 g/mol. The predicted octanol–water partition coefficient (Wildman–Crippen LogP) is 0.630. The number of hydrogen-bond acceptors (Lipinski definition) is 2. The topological polar surface area (TPSA) is 55.1 Å². The lowest BCUT2D eigenvalue weighted by atomic mass is 10.3. The van der Waals surface area contributed by atoms with Crippen LogP contribution >= 0.6 is 0 Å². The second kappa shape index (κ2) is 3.34. The van der Waals surface area contributed by atoms with Gasteiger partial charge in [0.2, 0.25) is 0 Å². The maximum Gasteiger partial charge on any atom is 0.354 e. The number of halogens is 1. The molecule has 1 heterocycles. The summed E-state index contributed by atoms with van der Waals surface area (Å²) in [7, 11) is 1.52. The summed E-state index contributed by atoms with van der Waals surface area (Å²) in [6, 6.07) is 1.38. The van der Waals surface area contributed by atoms with Crippen molar-refractivity contribution in [2.45, 2.75) is 6.42 Å². The number of carbonyl (C=O) groups is 1. The summed E-state index contributed by atoms with van der Waals surface area (Å²) in [6.45, 7) is -0.518. The highest BCUT2D eigenvalue weighted by Crippen LogP contribution is 2.03. The SMILES string of the molecule is Cn1nc(CCF)cc1C(=O)O. The number of carboxylic acids is 1. The van der Waals surface area contributed by atoms with E-state index in [0.717, 1.165) is 0 Å². The van der Waals surface area contributed by atoms with Gasteiger partial charge in [-0.3, -0.25) is 9.07 Å². The molecule has 0 spiro atoms. The lowest BCUT2D eigenvalue weighted by Crippen LogP contribution is -2.04. The van der Waals surface area contributed by atoms with E-state index in [-0.39, 0.29) is 12.1 Å². The van der Waals surface area contributed by atoms with Gasteiger partial charge in [-0.15, -0.1) is 0 Å². The van der Waals surface area contributed by atoms with E-state index in [1.54, 1.807) is 0 Å². The van der Waals surface area contributed by atoms with Crippen LogP contribution in [0.5, 0.6) is 0 Å². The van der Waals surface area contributed by atoms with E-state index in [1.807, 2.05) is 0 Å². The third-order valence-corrected chi connectivity index (χ3v) is 1.50. The molecule has 5 heteroatoms. The van der Waals surface area contributed by atoms with E-state index in [9.17, 15) is 9.18 Å². The molecule has 1 aromatic rings. The fourth-order valence-corrected chi connectivity index (χ4v) is 0.946. The minimum atomic E-state index is -1.05. The Morgan fingerprint density at radius 2 is 2.50 bits per heavy atom. The molecule has 1 rings (SSSR count). The van der Waals surface area contributed by atoms with Gasteiger partial charge in [0.1, 0.15) is 5.69 Å². The minimum absolute atomic E-state index is 0.0819. The van der Waals surface area contributed by atoms with Gasteiger partial charge in [-0.2, -0.15) is 5.10 Å². The first kappa shape index (κ1) is 8.70. The Morgan fingerprint density at radius 1 is 1.83 bits per heavy atom. The summed E-state index contributed by atoms with van der Waals surface area (Å²) in [4.78, 5) is 10.5. The first-order chi connectivity index (χ1) is 5.65. The van der Waals surface area contributed by atoms with E-state index in [4.69, 9.17) is 5.11 Å². The molecule has 1 aromatic heterocycles. The van der Waals surface area contributed by atoms with Crippen molar-refractivity contribution in [3.63, 3.8) is 0 Å². The number of aromatic nitrogens is 2. The van der Waals surface area contributed by atoms with Gasteiger partial charge in [0.05, 0.1) is 12.4 Å². The van der Waals surface area contributed by atoms with Crippen molar-refractivity contribution in [2.75, 3.05) is 6.67 Å². The van der Waals surface area contributed by atoms with Gasteiger partial charge in [0, 0.05) is 13.5 Å². The summed E-state index contributed by atoms with van der Waals surface area (Å²) in [5, 5.41) is 12.4. The lowest BCUT2D eigenvalue weighted by molar-refractivity contribution is 0.0685. The van der Waals surface area contributed by atoms with Crippen molar-refractivity contribution in [3.8, 4) is 0 Å². The van der Waals surface area contributed by atoms with Crippen LogP contribution in [-0.4, -0.2) is 27.5 Å². The molecule has 0 bridgehead atoms. The minimum Gasteiger partial charge on any atom is -0.477 e. The summed E-state index contributed by atoms with van der Waals surface area (Å²) in [5.74, 6) is -1.05. The number of rotatable bonds is 3. The third kappa shape index (κ3) is 1.61. The smallest absolute Gasteiger partial charge is 0.354 e. The second-order valence-corrected chi connectivity index (χ2v) is 2.39. The lowest BCUT2D eigenvalue weighted by Gasteiger charge is -1.91. The van der Waals surface area contributed by atoms with Crippen molar-refractivity contribution in [1.82, 2.24) is 9.78 Å². The Balaban J connectivity index is 2.92. The Kier molecular flexibility index (Phi) is 2.42. The molecule has 12 heavy (non-hydrogen) atoms. The fraction of sp³-hybridized carbons (Fsp3) is 0.429. The van der Waals surface area contributed by atoms with Crippen molar-refractivity contribution in [2.24, 2.45) is 7.05 Å². The molecule has 0 radical (unpaired) electrons. The molecule has 0 aliphatic carbocycles. The number of nitrogens with zero attached hydrogens (tertiary/aromatic N) is 2. The molecular weight excluding hydrogens is 163 g/mol. The zero-order valence-electron chi connectivity index (χ0n) is 6.62. The van der Waals surface area contributed by atoms with Crippen LogP contribution in [-0.2, 0) is 13.5 Å². The van der Waals surface area contributed by atoms with Crippen molar-refractivity contribution in [3.05, 3.63) is 17.5 Å². The molecule has 0 atom stereocenters. The molecule has 0 amide bonds. The molecule has 0 aromatic carbocycles. The number of alkyl halides is 1. The summed E-state index contributed by atoms with van der Waals surface area (Å²) in [6.07, 6.45) is 0.168. The van der Waals surface area contributed by atoms with Gasteiger partial charge in [-0.25, -0.2) is 4.79 Å². The summed E-state index contributed by atoms with van der Waals surface area (Å²) < 4.78 is 13.1. The summed E-state index contributed by atoms with van der Waals surface area (Å²) in [5.41, 5.74) is 0.552. The standard InChI is InChI=1S/C7H9FN2O2/c1-10-6(7(11)12)4-5(9-10)2-3-8/h4H,2-3H2,1H3,(H,11,12). The van der Waals surface area contributed by atoms with Crippen LogP contribution in [0.4, 0.5) is 4.39 Å². The van der Waals surface area contributed by atoms with Crippen LogP contribution in [0.1, 0.15) is 16.2 Å². The molecule has 0 fully saturated rings. The number of carboxylic acid groups (broad SMARTS) is 1. The van der Waals surface area contributed by atoms with Gasteiger partial charge in [0.25, 0.3) is 0 Å². The Labute approximate surface area is 68.6 Å². The third-order valence-electron chi connectivity index (χ3n) is 1.50. The average Bonchev–Trinajstić information content (AvgIpc) is 2.32. The predicted molar refractivity (Wildman–Crippen MR) is 39.8 cm³/mol. The van der Waals surface area contributed by atoms with E-state index in [1.165, 1.54) is 17.8 Å². The van der Waals surface area contributed by atoms with Gasteiger partial charge in [-0.05, 0) is 6.07 Å². The van der Waals surface area contributed by atoms with Gasteiger partial charge in [0.15, 0.2) is 0 Å². The molecule has 1 N–H and O–H groups in total. The Hall–Kier alpha value is -1.39. The molecule has 0 unspecified atom stereocenters. The number of aryl methyl sites for hydroxylation is 2. The van der Waals surface area contributed by atoms with Crippen LogP contribution in [0.2, 0.25) is 0 Å².